The fourth-order valence-corrected chi connectivity index (χ4v) is 2.51. The molecule has 0 aliphatic heterocycles. The van der Waals surface area contributed by atoms with Crippen LogP contribution in [0, 0.1) is 0 Å². The van der Waals surface area contributed by atoms with Gasteiger partial charge in [-0.1, -0.05) is 46.3 Å². The van der Waals surface area contributed by atoms with Gasteiger partial charge in [-0.05, 0) is 36.4 Å². The number of benzene rings is 1. The Bertz CT molecular complexity index is 616. The van der Waals surface area contributed by atoms with Crippen LogP contribution in [-0.2, 0) is 13.1 Å². The first-order valence-electron chi connectivity index (χ1n) is 6.23. The number of thiocarbonyl (C=S) groups is 1. The summed E-state index contributed by atoms with van der Waals surface area (Å²) in [6, 6.07) is 12.2. The second-order valence-corrected chi connectivity index (χ2v) is 5.97. The summed E-state index contributed by atoms with van der Waals surface area (Å²) in [5.41, 5.74) is 8.69. The van der Waals surface area contributed by atoms with Crippen LogP contribution >= 0.6 is 28.1 Å². The molecule has 1 heterocycles. The molecule has 3 nitrogen and oxygen atoms in total. The van der Waals surface area contributed by atoms with E-state index in [1.54, 1.807) is 6.20 Å². The Labute approximate surface area is 132 Å². The van der Waals surface area contributed by atoms with E-state index in [1.807, 2.05) is 24.3 Å². The largest absolute Gasteiger partial charge is 0.388 e. The highest BCUT2D eigenvalue weighted by Crippen LogP contribution is 2.18. The van der Waals surface area contributed by atoms with Crippen LogP contribution in [0.4, 0.5) is 0 Å². The fourth-order valence-electron chi connectivity index (χ4n) is 1.99. The summed E-state index contributed by atoms with van der Waals surface area (Å²) < 4.78 is 1.13. The molecule has 2 N–H and O–H groups in total. The van der Waals surface area contributed by atoms with Gasteiger partial charge in [-0.15, -0.1) is 0 Å². The molecule has 0 bridgehead atoms. The molecule has 0 unspecified atom stereocenters. The monoisotopic (exact) mass is 349 g/mol. The van der Waals surface area contributed by atoms with Crippen molar-refractivity contribution in [2.45, 2.75) is 13.1 Å². The van der Waals surface area contributed by atoms with Crippen molar-refractivity contribution in [3.63, 3.8) is 0 Å². The maximum absolute atomic E-state index is 5.61. The number of hydrogen-bond acceptors (Lipinski definition) is 3. The highest BCUT2D eigenvalue weighted by atomic mass is 79.9. The van der Waals surface area contributed by atoms with Crippen LogP contribution in [0.15, 0.2) is 47.1 Å². The Hall–Kier alpha value is -1.30. The maximum Gasteiger partial charge on any atom is 0.122 e. The molecule has 2 aromatic rings. The van der Waals surface area contributed by atoms with Gasteiger partial charge in [-0.3, -0.25) is 9.88 Å². The van der Waals surface area contributed by atoms with E-state index in [0.29, 0.717) is 10.7 Å². The smallest absolute Gasteiger partial charge is 0.122 e. The van der Waals surface area contributed by atoms with Crippen LogP contribution in [0.3, 0.4) is 0 Å². The van der Waals surface area contributed by atoms with Gasteiger partial charge in [0.25, 0.3) is 0 Å². The van der Waals surface area contributed by atoms with E-state index in [9.17, 15) is 0 Å². The van der Waals surface area contributed by atoms with Gasteiger partial charge in [-0.2, -0.15) is 0 Å². The minimum absolute atomic E-state index is 0.334. The molecule has 1 aromatic carbocycles. The van der Waals surface area contributed by atoms with Crippen LogP contribution < -0.4 is 5.73 Å². The molecule has 0 radical (unpaired) electrons. The molecule has 0 aliphatic rings. The number of nitrogens with zero attached hydrogens (tertiary/aromatic N) is 2. The van der Waals surface area contributed by atoms with Gasteiger partial charge in [0.2, 0.25) is 0 Å². The molecule has 0 fully saturated rings. The van der Waals surface area contributed by atoms with Crippen LogP contribution in [-0.4, -0.2) is 21.9 Å². The summed E-state index contributed by atoms with van der Waals surface area (Å²) >= 11 is 8.52. The normalized spacial score (nSPS) is 10.8. The Morgan fingerprint density at radius 2 is 2.05 bits per heavy atom. The molecule has 5 heteroatoms. The molecule has 0 spiro atoms. The fraction of sp³-hybridized carbons (Fsp3) is 0.200. The van der Waals surface area contributed by atoms with Gasteiger partial charge < -0.3 is 5.73 Å². The van der Waals surface area contributed by atoms with E-state index >= 15 is 0 Å². The van der Waals surface area contributed by atoms with E-state index in [0.717, 1.165) is 23.1 Å². The first kappa shape index (κ1) is 15.1. The van der Waals surface area contributed by atoms with Crippen molar-refractivity contribution >= 4 is 33.1 Å². The average molecular weight is 350 g/mol. The van der Waals surface area contributed by atoms with E-state index in [-0.39, 0.29) is 0 Å². The zero-order chi connectivity index (χ0) is 14.5. The maximum atomic E-state index is 5.61. The second-order valence-electron chi connectivity index (χ2n) is 4.68. The molecule has 104 valence electrons. The van der Waals surface area contributed by atoms with Crippen molar-refractivity contribution in [2.24, 2.45) is 5.73 Å². The Morgan fingerprint density at radius 1 is 1.30 bits per heavy atom. The zero-order valence-electron chi connectivity index (χ0n) is 11.2. The van der Waals surface area contributed by atoms with E-state index in [4.69, 9.17) is 18.0 Å². The van der Waals surface area contributed by atoms with E-state index in [1.165, 1.54) is 5.56 Å². The number of halogens is 1. The van der Waals surface area contributed by atoms with Gasteiger partial charge in [0.15, 0.2) is 0 Å². The summed E-state index contributed by atoms with van der Waals surface area (Å²) in [5.74, 6) is 0. The topological polar surface area (TPSA) is 42.2 Å². The van der Waals surface area contributed by atoms with Gasteiger partial charge >= 0.3 is 0 Å². The quantitative estimate of drug-likeness (QED) is 0.842. The lowest BCUT2D eigenvalue weighted by Crippen LogP contribution is -2.18. The third-order valence-corrected chi connectivity index (χ3v) is 3.91. The van der Waals surface area contributed by atoms with Gasteiger partial charge in [-0.25, -0.2) is 0 Å². The van der Waals surface area contributed by atoms with E-state index in [2.05, 4.69) is 45.0 Å². The molecule has 0 atom stereocenters. The Balaban J connectivity index is 2.05. The molecular formula is C15H16BrN3S. The van der Waals surface area contributed by atoms with Crippen LogP contribution in [0.1, 0.15) is 16.8 Å². The summed E-state index contributed by atoms with van der Waals surface area (Å²) in [7, 11) is 2.08. The molecule has 2 rings (SSSR count). The lowest BCUT2D eigenvalue weighted by atomic mass is 10.2. The summed E-state index contributed by atoms with van der Waals surface area (Å²) in [6.07, 6.45) is 1.75. The number of aromatic nitrogens is 1. The van der Waals surface area contributed by atoms with Crippen LogP contribution in [0.2, 0.25) is 0 Å². The predicted molar refractivity (Wildman–Crippen MR) is 89.4 cm³/mol. The molecule has 0 saturated carbocycles. The molecule has 1 aromatic heterocycles. The minimum atomic E-state index is 0.334. The van der Waals surface area contributed by atoms with Crippen LogP contribution in [0.25, 0.3) is 0 Å². The molecule has 20 heavy (non-hydrogen) atoms. The first-order chi connectivity index (χ1) is 9.56. The van der Waals surface area contributed by atoms with Crippen molar-refractivity contribution < 1.29 is 0 Å². The van der Waals surface area contributed by atoms with Crippen molar-refractivity contribution in [1.29, 1.82) is 0 Å². The molecular weight excluding hydrogens is 334 g/mol. The van der Waals surface area contributed by atoms with Crippen molar-refractivity contribution in [2.75, 3.05) is 7.05 Å². The Kier molecular flexibility index (Phi) is 5.23. The third-order valence-electron chi connectivity index (χ3n) is 2.93. The van der Waals surface area contributed by atoms with E-state index < -0.39 is 0 Å². The minimum Gasteiger partial charge on any atom is -0.388 e. The lowest BCUT2D eigenvalue weighted by Gasteiger charge is -2.18. The number of rotatable bonds is 5. The van der Waals surface area contributed by atoms with Crippen LogP contribution in [0.5, 0.6) is 0 Å². The lowest BCUT2D eigenvalue weighted by molar-refractivity contribution is 0.318. The van der Waals surface area contributed by atoms with Crippen molar-refractivity contribution in [1.82, 2.24) is 9.88 Å². The van der Waals surface area contributed by atoms with Crippen molar-refractivity contribution in [3.05, 3.63) is 63.9 Å². The molecule has 0 aliphatic carbocycles. The standard InChI is InChI=1S/C15H16BrN3S/c1-19(10-12-4-2-3-5-13(12)16)9-11-6-7-18-14(8-11)15(17)20/h2-8H,9-10H2,1H3,(H2,17,20). The summed E-state index contributed by atoms with van der Waals surface area (Å²) in [4.78, 5) is 6.72. The predicted octanol–water partition coefficient (Wildman–Crippen LogP) is 3.11. The van der Waals surface area contributed by atoms with Crippen molar-refractivity contribution in [3.8, 4) is 0 Å². The summed E-state index contributed by atoms with van der Waals surface area (Å²) in [6.45, 7) is 1.69. The highest BCUT2D eigenvalue weighted by Gasteiger charge is 2.06. The third kappa shape index (κ3) is 4.10. The average Bonchev–Trinajstić information content (AvgIpc) is 2.41. The number of hydrogen-bond donors (Lipinski definition) is 1. The summed E-state index contributed by atoms with van der Waals surface area (Å²) in [5, 5.41) is 0. The van der Waals surface area contributed by atoms with Gasteiger partial charge in [0, 0.05) is 23.8 Å². The number of pyridine rings is 1. The zero-order valence-corrected chi connectivity index (χ0v) is 13.6. The van der Waals surface area contributed by atoms with Gasteiger partial charge in [0.1, 0.15) is 4.99 Å². The number of nitrogens with two attached hydrogens (primary N) is 1. The molecule has 0 saturated heterocycles. The van der Waals surface area contributed by atoms with Gasteiger partial charge in [0.05, 0.1) is 5.69 Å². The first-order valence-corrected chi connectivity index (χ1v) is 7.43. The highest BCUT2D eigenvalue weighted by molar-refractivity contribution is 9.10. The SMILES string of the molecule is CN(Cc1ccnc(C(N)=S)c1)Cc1ccccc1Br. The second kappa shape index (κ2) is 6.92. The Morgan fingerprint density at radius 3 is 2.75 bits per heavy atom. The molecule has 0 amide bonds.